The summed E-state index contributed by atoms with van der Waals surface area (Å²) in [4.78, 5) is 0. The summed E-state index contributed by atoms with van der Waals surface area (Å²) in [5.74, 6) is 1.81. The molecule has 0 fully saturated rings. The lowest BCUT2D eigenvalue weighted by atomic mass is 10.0. The van der Waals surface area contributed by atoms with Gasteiger partial charge in [0.1, 0.15) is 11.5 Å². The van der Waals surface area contributed by atoms with Gasteiger partial charge in [-0.2, -0.15) is 0 Å². The van der Waals surface area contributed by atoms with Gasteiger partial charge in [0, 0.05) is 12.1 Å². The number of benzene rings is 2. The molecular formula is C20H27NO2. The molecule has 2 aromatic carbocycles. The number of methoxy groups -OCH3 is 2. The third kappa shape index (κ3) is 5.61. The summed E-state index contributed by atoms with van der Waals surface area (Å²) in [5.41, 5.74) is 2.64. The average molecular weight is 313 g/mol. The van der Waals surface area contributed by atoms with E-state index >= 15 is 0 Å². The highest BCUT2D eigenvalue weighted by Gasteiger charge is 2.09. The van der Waals surface area contributed by atoms with Gasteiger partial charge in [-0.3, -0.25) is 0 Å². The molecular weight excluding hydrogens is 286 g/mol. The molecule has 2 rings (SSSR count). The minimum atomic E-state index is 0.427. The van der Waals surface area contributed by atoms with Crippen molar-refractivity contribution in [2.75, 3.05) is 14.2 Å². The van der Waals surface area contributed by atoms with Gasteiger partial charge in [-0.25, -0.2) is 0 Å². The Labute approximate surface area is 139 Å². The van der Waals surface area contributed by atoms with Crippen LogP contribution in [0, 0.1) is 0 Å². The van der Waals surface area contributed by atoms with E-state index in [2.05, 4.69) is 43.4 Å². The number of nitrogens with one attached hydrogen (secondary N) is 1. The Morgan fingerprint density at radius 1 is 0.696 bits per heavy atom. The van der Waals surface area contributed by atoms with Crippen molar-refractivity contribution in [2.24, 2.45) is 0 Å². The van der Waals surface area contributed by atoms with E-state index in [1.165, 1.54) is 11.1 Å². The van der Waals surface area contributed by atoms with Gasteiger partial charge in [-0.1, -0.05) is 24.3 Å². The van der Waals surface area contributed by atoms with Crippen molar-refractivity contribution in [2.45, 2.75) is 38.8 Å². The molecule has 0 unspecified atom stereocenters. The van der Waals surface area contributed by atoms with Gasteiger partial charge < -0.3 is 14.8 Å². The molecule has 0 aromatic heterocycles. The zero-order chi connectivity index (χ0) is 16.7. The lowest BCUT2D eigenvalue weighted by Gasteiger charge is -2.20. The van der Waals surface area contributed by atoms with E-state index in [-0.39, 0.29) is 0 Å². The highest BCUT2D eigenvalue weighted by molar-refractivity contribution is 5.28. The largest absolute Gasteiger partial charge is 0.497 e. The highest BCUT2D eigenvalue weighted by Crippen LogP contribution is 2.14. The maximum Gasteiger partial charge on any atom is 0.118 e. The van der Waals surface area contributed by atoms with Crippen LogP contribution >= 0.6 is 0 Å². The molecule has 0 saturated carbocycles. The molecule has 0 aliphatic carbocycles. The van der Waals surface area contributed by atoms with Crippen LogP contribution in [0.25, 0.3) is 0 Å². The van der Waals surface area contributed by atoms with Crippen LogP contribution in [0.15, 0.2) is 48.5 Å². The molecule has 2 atom stereocenters. The number of ether oxygens (including phenoxy) is 2. The van der Waals surface area contributed by atoms with Crippen LogP contribution < -0.4 is 14.8 Å². The van der Waals surface area contributed by atoms with E-state index in [0.717, 1.165) is 24.3 Å². The Hall–Kier alpha value is -2.00. The summed E-state index contributed by atoms with van der Waals surface area (Å²) in [7, 11) is 3.39. The van der Waals surface area contributed by atoms with Gasteiger partial charge in [0.15, 0.2) is 0 Å². The van der Waals surface area contributed by atoms with E-state index in [0.29, 0.717) is 12.1 Å². The Kier molecular flexibility index (Phi) is 6.48. The predicted octanol–water partition coefficient (Wildman–Crippen LogP) is 3.86. The second kappa shape index (κ2) is 8.59. The first-order valence-electron chi connectivity index (χ1n) is 8.12. The minimum absolute atomic E-state index is 0.427. The number of hydrogen-bond donors (Lipinski definition) is 1. The maximum atomic E-state index is 5.20. The summed E-state index contributed by atoms with van der Waals surface area (Å²) in [6.07, 6.45) is 2.02. The van der Waals surface area contributed by atoms with E-state index in [9.17, 15) is 0 Å². The van der Waals surface area contributed by atoms with Crippen molar-refractivity contribution in [3.63, 3.8) is 0 Å². The Morgan fingerprint density at radius 2 is 1.04 bits per heavy atom. The first-order valence-corrected chi connectivity index (χ1v) is 8.12. The third-order valence-corrected chi connectivity index (χ3v) is 3.97. The van der Waals surface area contributed by atoms with Crippen LogP contribution in [0.3, 0.4) is 0 Å². The molecule has 3 heteroatoms. The standard InChI is InChI=1S/C20H27NO2/c1-15(13-17-5-9-19(22-3)10-6-17)21-16(2)14-18-7-11-20(23-4)12-8-18/h5-12,15-16,21H,13-14H2,1-4H3/t15-,16-/m1/s1. The second-order valence-electron chi connectivity index (χ2n) is 6.07. The van der Waals surface area contributed by atoms with Gasteiger partial charge in [0.05, 0.1) is 14.2 Å². The van der Waals surface area contributed by atoms with E-state index in [4.69, 9.17) is 9.47 Å². The number of hydrogen-bond acceptors (Lipinski definition) is 3. The molecule has 0 bridgehead atoms. The highest BCUT2D eigenvalue weighted by atomic mass is 16.5. The fourth-order valence-corrected chi connectivity index (χ4v) is 2.83. The zero-order valence-corrected chi connectivity index (χ0v) is 14.5. The van der Waals surface area contributed by atoms with Crippen molar-refractivity contribution < 1.29 is 9.47 Å². The van der Waals surface area contributed by atoms with Crippen molar-refractivity contribution >= 4 is 0 Å². The van der Waals surface area contributed by atoms with Crippen molar-refractivity contribution in [1.82, 2.24) is 5.32 Å². The molecule has 1 N–H and O–H groups in total. The topological polar surface area (TPSA) is 30.5 Å². The molecule has 0 amide bonds. The molecule has 23 heavy (non-hydrogen) atoms. The summed E-state index contributed by atoms with van der Waals surface area (Å²) in [6.45, 7) is 4.46. The Balaban J connectivity index is 1.82. The second-order valence-corrected chi connectivity index (χ2v) is 6.07. The number of rotatable bonds is 8. The Bertz CT molecular complexity index is 524. The molecule has 0 heterocycles. The van der Waals surface area contributed by atoms with Crippen molar-refractivity contribution in [3.05, 3.63) is 59.7 Å². The third-order valence-electron chi connectivity index (χ3n) is 3.97. The van der Waals surface area contributed by atoms with Crippen LogP contribution in [0.5, 0.6) is 11.5 Å². The molecule has 0 radical (unpaired) electrons. The summed E-state index contributed by atoms with van der Waals surface area (Å²) >= 11 is 0. The molecule has 0 spiro atoms. The lowest BCUT2D eigenvalue weighted by molar-refractivity contribution is 0.414. The van der Waals surface area contributed by atoms with E-state index < -0.39 is 0 Å². The van der Waals surface area contributed by atoms with E-state index in [1.807, 2.05) is 24.3 Å². The first kappa shape index (κ1) is 17.4. The fourth-order valence-electron chi connectivity index (χ4n) is 2.83. The smallest absolute Gasteiger partial charge is 0.118 e. The monoisotopic (exact) mass is 313 g/mol. The van der Waals surface area contributed by atoms with Crippen LogP contribution in [0.4, 0.5) is 0 Å². The van der Waals surface area contributed by atoms with Crippen molar-refractivity contribution in [1.29, 1.82) is 0 Å². The van der Waals surface area contributed by atoms with Crippen molar-refractivity contribution in [3.8, 4) is 11.5 Å². The summed E-state index contributed by atoms with van der Waals surface area (Å²) in [5, 5.41) is 3.67. The molecule has 0 aliphatic heterocycles. The van der Waals surface area contributed by atoms with Crippen LogP contribution in [0.2, 0.25) is 0 Å². The predicted molar refractivity (Wildman–Crippen MR) is 95.5 cm³/mol. The van der Waals surface area contributed by atoms with Crippen LogP contribution in [-0.2, 0) is 12.8 Å². The normalized spacial score (nSPS) is 13.4. The van der Waals surface area contributed by atoms with Gasteiger partial charge >= 0.3 is 0 Å². The minimum Gasteiger partial charge on any atom is -0.497 e. The lowest BCUT2D eigenvalue weighted by Crippen LogP contribution is -2.37. The molecule has 2 aromatic rings. The zero-order valence-electron chi connectivity index (χ0n) is 14.5. The SMILES string of the molecule is COc1ccc(C[C@@H](C)N[C@H](C)Cc2ccc(OC)cc2)cc1. The molecule has 0 aliphatic rings. The van der Waals surface area contributed by atoms with Gasteiger partial charge in [-0.05, 0) is 62.1 Å². The molecule has 3 nitrogen and oxygen atoms in total. The van der Waals surface area contributed by atoms with Crippen LogP contribution in [0.1, 0.15) is 25.0 Å². The van der Waals surface area contributed by atoms with E-state index in [1.54, 1.807) is 14.2 Å². The molecule has 124 valence electrons. The maximum absolute atomic E-state index is 5.20. The first-order chi connectivity index (χ1) is 11.1. The van der Waals surface area contributed by atoms with Gasteiger partial charge in [0.25, 0.3) is 0 Å². The Morgan fingerprint density at radius 3 is 1.35 bits per heavy atom. The fraction of sp³-hybridized carbons (Fsp3) is 0.400. The van der Waals surface area contributed by atoms with Crippen LogP contribution in [-0.4, -0.2) is 26.3 Å². The molecule has 0 saturated heterocycles. The quantitative estimate of drug-likeness (QED) is 0.803. The summed E-state index contributed by atoms with van der Waals surface area (Å²) in [6, 6.07) is 17.4. The van der Waals surface area contributed by atoms with Gasteiger partial charge in [-0.15, -0.1) is 0 Å². The van der Waals surface area contributed by atoms with Gasteiger partial charge in [0.2, 0.25) is 0 Å². The summed E-state index contributed by atoms with van der Waals surface area (Å²) < 4.78 is 10.4. The average Bonchev–Trinajstić information content (AvgIpc) is 2.56.